The first kappa shape index (κ1) is 7.72. The number of nitrogen functional groups attached to an aromatic ring is 1. The Morgan fingerprint density at radius 2 is 2.15 bits per heavy atom. The summed E-state index contributed by atoms with van der Waals surface area (Å²) in [7, 11) is 0. The quantitative estimate of drug-likeness (QED) is 0.701. The van der Waals surface area contributed by atoms with Gasteiger partial charge in [-0.05, 0) is 19.1 Å². The molecule has 0 aliphatic carbocycles. The molecule has 0 saturated heterocycles. The Morgan fingerprint density at radius 1 is 1.31 bits per heavy atom. The van der Waals surface area contributed by atoms with Gasteiger partial charge in [0.05, 0.1) is 6.26 Å². The van der Waals surface area contributed by atoms with E-state index in [0.717, 1.165) is 0 Å². The number of aromatic nitrogens is 3. The number of hydrogen-bond donors (Lipinski definition) is 1. The van der Waals surface area contributed by atoms with E-state index < -0.39 is 0 Å². The summed E-state index contributed by atoms with van der Waals surface area (Å²) in [5.74, 6) is 1.85. The van der Waals surface area contributed by atoms with Crippen LogP contribution in [0.15, 0.2) is 22.8 Å². The summed E-state index contributed by atoms with van der Waals surface area (Å²) >= 11 is 0. The number of hydrogen-bond acceptors (Lipinski definition) is 5. The van der Waals surface area contributed by atoms with Crippen molar-refractivity contribution in [2.24, 2.45) is 0 Å². The highest BCUT2D eigenvalue weighted by molar-refractivity contribution is 5.47. The monoisotopic (exact) mass is 176 g/mol. The van der Waals surface area contributed by atoms with Crippen molar-refractivity contribution in [1.29, 1.82) is 0 Å². The zero-order chi connectivity index (χ0) is 9.26. The predicted octanol–water partition coefficient (Wildman–Crippen LogP) is 1.02. The summed E-state index contributed by atoms with van der Waals surface area (Å²) in [4.78, 5) is 11.9. The lowest BCUT2D eigenvalue weighted by molar-refractivity contribution is 0.576. The molecule has 0 saturated carbocycles. The van der Waals surface area contributed by atoms with Crippen molar-refractivity contribution in [1.82, 2.24) is 15.0 Å². The van der Waals surface area contributed by atoms with E-state index in [2.05, 4.69) is 15.0 Å². The average Bonchev–Trinajstić information content (AvgIpc) is 2.53. The Hall–Kier alpha value is -1.91. The molecule has 2 rings (SSSR count). The minimum atomic E-state index is 0.207. The topological polar surface area (TPSA) is 77.8 Å². The van der Waals surface area contributed by atoms with Crippen molar-refractivity contribution in [3.63, 3.8) is 0 Å². The Bertz CT molecular complexity index is 390. The van der Waals surface area contributed by atoms with Crippen molar-refractivity contribution in [2.75, 3.05) is 5.73 Å². The van der Waals surface area contributed by atoms with Crippen LogP contribution in [0.4, 0.5) is 5.95 Å². The zero-order valence-corrected chi connectivity index (χ0v) is 7.06. The Labute approximate surface area is 74.6 Å². The number of rotatable bonds is 1. The number of nitrogens with zero attached hydrogens (tertiary/aromatic N) is 3. The molecule has 13 heavy (non-hydrogen) atoms. The summed E-state index contributed by atoms with van der Waals surface area (Å²) in [6.45, 7) is 1.75. The van der Waals surface area contributed by atoms with E-state index in [0.29, 0.717) is 17.4 Å². The van der Waals surface area contributed by atoms with Crippen LogP contribution in [0, 0.1) is 6.92 Å². The molecule has 0 radical (unpaired) electrons. The average molecular weight is 176 g/mol. The van der Waals surface area contributed by atoms with Crippen LogP contribution in [0.5, 0.6) is 0 Å². The van der Waals surface area contributed by atoms with Crippen LogP contribution in [0.3, 0.4) is 0 Å². The first-order valence-electron chi connectivity index (χ1n) is 3.78. The number of furan rings is 1. The molecule has 0 fully saturated rings. The van der Waals surface area contributed by atoms with Crippen molar-refractivity contribution < 1.29 is 4.42 Å². The summed E-state index contributed by atoms with van der Waals surface area (Å²) in [5, 5.41) is 0. The van der Waals surface area contributed by atoms with E-state index in [1.807, 2.05) is 0 Å². The van der Waals surface area contributed by atoms with Gasteiger partial charge in [-0.1, -0.05) is 0 Å². The highest BCUT2D eigenvalue weighted by Gasteiger charge is 2.05. The molecule has 0 spiro atoms. The molecule has 0 bridgehead atoms. The second-order valence-electron chi connectivity index (χ2n) is 2.54. The largest absolute Gasteiger partial charge is 0.461 e. The third kappa shape index (κ3) is 1.48. The van der Waals surface area contributed by atoms with Crippen molar-refractivity contribution in [3.05, 3.63) is 24.2 Å². The number of anilines is 1. The van der Waals surface area contributed by atoms with Crippen LogP contribution < -0.4 is 5.73 Å². The SMILES string of the molecule is Cc1nc(N)nc(-c2ccco2)n1. The fraction of sp³-hybridized carbons (Fsp3) is 0.125. The number of nitrogens with two attached hydrogens (primary N) is 1. The smallest absolute Gasteiger partial charge is 0.223 e. The first-order valence-corrected chi connectivity index (χ1v) is 3.78. The molecule has 0 aliphatic heterocycles. The lowest BCUT2D eigenvalue weighted by atomic mass is 10.4. The normalized spacial score (nSPS) is 10.2. The summed E-state index contributed by atoms with van der Waals surface area (Å²) in [6.07, 6.45) is 1.56. The van der Waals surface area contributed by atoms with Gasteiger partial charge in [0.1, 0.15) is 5.82 Å². The maximum absolute atomic E-state index is 5.46. The van der Waals surface area contributed by atoms with Crippen LogP contribution in [-0.4, -0.2) is 15.0 Å². The maximum Gasteiger partial charge on any atom is 0.223 e. The molecule has 5 nitrogen and oxygen atoms in total. The predicted molar refractivity (Wildman–Crippen MR) is 46.7 cm³/mol. The Kier molecular flexibility index (Phi) is 1.70. The highest BCUT2D eigenvalue weighted by atomic mass is 16.3. The van der Waals surface area contributed by atoms with Crippen LogP contribution in [0.25, 0.3) is 11.6 Å². The van der Waals surface area contributed by atoms with Gasteiger partial charge in [-0.3, -0.25) is 0 Å². The van der Waals surface area contributed by atoms with Gasteiger partial charge in [0.15, 0.2) is 5.76 Å². The lowest BCUT2D eigenvalue weighted by Crippen LogP contribution is -2.01. The van der Waals surface area contributed by atoms with Gasteiger partial charge in [0.25, 0.3) is 0 Å². The van der Waals surface area contributed by atoms with E-state index in [1.165, 1.54) is 0 Å². The lowest BCUT2D eigenvalue weighted by Gasteiger charge is -1.97. The van der Waals surface area contributed by atoms with Gasteiger partial charge < -0.3 is 10.2 Å². The van der Waals surface area contributed by atoms with E-state index in [9.17, 15) is 0 Å². The van der Waals surface area contributed by atoms with Crippen LogP contribution in [0.2, 0.25) is 0 Å². The van der Waals surface area contributed by atoms with Gasteiger partial charge in [-0.15, -0.1) is 0 Å². The van der Waals surface area contributed by atoms with E-state index in [4.69, 9.17) is 10.2 Å². The van der Waals surface area contributed by atoms with Crippen LogP contribution >= 0.6 is 0 Å². The van der Waals surface area contributed by atoms with Gasteiger partial charge in [0.2, 0.25) is 11.8 Å². The molecule has 0 atom stereocenters. The van der Waals surface area contributed by atoms with E-state index >= 15 is 0 Å². The second-order valence-corrected chi connectivity index (χ2v) is 2.54. The van der Waals surface area contributed by atoms with Crippen molar-refractivity contribution >= 4 is 5.95 Å². The van der Waals surface area contributed by atoms with E-state index in [1.54, 1.807) is 25.3 Å². The fourth-order valence-corrected chi connectivity index (χ4v) is 1.02. The molecule has 2 aromatic heterocycles. The minimum absolute atomic E-state index is 0.207. The van der Waals surface area contributed by atoms with Crippen molar-refractivity contribution in [2.45, 2.75) is 6.92 Å². The summed E-state index contributed by atoms with van der Waals surface area (Å²) in [5.41, 5.74) is 5.46. The van der Waals surface area contributed by atoms with Crippen LogP contribution in [0.1, 0.15) is 5.82 Å². The second kappa shape index (κ2) is 2.85. The molecule has 2 heterocycles. The standard InChI is InChI=1S/C8H8N4O/c1-5-10-7(12-8(9)11-5)6-3-2-4-13-6/h2-4H,1H3,(H2,9,10,11,12). The molecule has 0 unspecified atom stereocenters. The third-order valence-electron chi connectivity index (χ3n) is 1.51. The fourth-order valence-electron chi connectivity index (χ4n) is 1.02. The van der Waals surface area contributed by atoms with E-state index in [-0.39, 0.29) is 5.95 Å². The van der Waals surface area contributed by atoms with Crippen molar-refractivity contribution in [3.8, 4) is 11.6 Å². The molecule has 0 aromatic carbocycles. The molecule has 2 N–H and O–H groups in total. The maximum atomic E-state index is 5.46. The Balaban J connectivity index is 2.53. The molecule has 66 valence electrons. The molecule has 2 aromatic rings. The Morgan fingerprint density at radius 3 is 2.77 bits per heavy atom. The van der Waals surface area contributed by atoms with Gasteiger partial charge in [-0.2, -0.15) is 9.97 Å². The van der Waals surface area contributed by atoms with Gasteiger partial charge in [0, 0.05) is 0 Å². The van der Waals surface area contributed by atoms with Gasteiger partial charge >= 0.3 is 0 Å². The molecule has 5 heteroatoms. The highest BCUT2D eigenvalue weighted by Crippen LogP contribution is 2.14. The molecule has 0 amide bonds. The van der Waals surface area contributed by atoms with Gasteiger partial charge in [-0.25, -0.2) is 4.98 Å². The summed E-state index contributed by atoms with van der Waals surface area (Å²) < 4.78 is 5.12. The zero-order valence-electron chi connectivity index (χ0n) is 7.06. The summed E-state index contributed by atoms with van der Waals surface area (Å²) in [6, 6.07) is 3.54. The molecule has 0 aliphatic rings. The first-order chi connectivity index (χ1) is 6.25. The molecular formula is C8H8N4O. The minimum Gasteiger partial charge on any atom is -0.461 e. The third-order valence-corrected chi connectivity index (χ3v) is 1.51. The number of aryl methyl sites for hydroxylation is 1. The van der Waals surface area contributed by atoms with Crippen LogP contribution in [-0.2, 0) is 0 Å². The molecular weight excluding hydrogens is 168 g/mol.